The summed E-state index contributed by atoms with van der Waals surface area (Å²) in [6.07, 6.45) is 1.43. The zero-order valence-corrected chi connectivity index (χ0v) is 14.2. The van der Waals surface area contributed by atoms with Gasteiger partial charge in [0.05, 0.1) is 11.3 Å². The van der Waals surface area contributed by atoms with Crippen molar-refractivity contribution in [3.8, 4) is 0 Å². The van der Waals surface area contributed by atoms with Gasteiger partial charge < -0.3 is 5.11 Å². The van der Waals surface area contributed by atoms with E-state index in [2.05, 4.69) is 4.72 Å². The van der Waals surface area contributed by atoms with Crippen LogP contribution in [0.15, 0.2) is 47.4 Å². The predicted molar refractivity (Wildman–Crippen MR) is 90.3 cm³/mol. The average molecular weight is 363 g/mol. The zero-order chi connectivity index (χ0) is 18.0. The van der Waals surface area contributed by atoms with Crippen LogP contribution in [0.3, 0.4) is 0 Å². The van der Waals surface area contributed by atoms with E-state index in [0.29, 0.717) is 6.42 Å². The number of hydrogen-bond acceptors (Lipinski definition) is 3. The van der Waals surface area contributed by atoms with Crippen molar-refractivity contribution in [2.45, 2.75) is 24.2 Å². The van der Waals surface area contributed by atoms with Crippen molar-refractivity contribution in [2.24, 2.45) is 5.92 Å². The lowest BCUT2D eigenvalue weighted by Crippen LogP contribution is -2.29. The molecule has 7 heteroatoms. The van der Waals surface area contributed by atoms with Crippen LogP contribution >= 0.6 is 0 Å². The molecule has 0 aromatic heterocycles. The Bertz CT molecular complexity index is 894. The Hall–Kier alpha value is -2.25. The fourth-order valence-electron chi connectivity index (χ4n) is 3.12. The maximum absolute atomic E-state index is 12.9. The number of carboxylic acids is 1. The molecule has 2 aromatic carbocycles. The highest BCUT2D eigenvalue weighted by Gasteiger charge is 2.24. The average Bonchev–Trinajstić information content (AvgIpc) is 2.95. The first-order chi connectivity index (χ1) is 11.8. The summed E-state index contributed by atoms with van der Waals surface area (Å²) in [5.74, 6) is -1.24. The molecule has 0 spiro atoms. The number of halogens is 1. The lowest BCUT2D eigenvalue weighted by Gasteiger charge is -2.11. The molecule has 2 N–H and O–H groups in total. The molecule has 1 unspecified atom stereocenters. The molecular formula is C18H18FNO4S. The minimum atomic E-state index is -3.67. The molecule has 0 saturated carbocycles. The Labute approximate surface area is 145 Å². The molecule has 0 bridgehead atoms. The van der Waals surface area contributed by atoms with E-state index in [4.69, 9.17) is 5.11 Å². The van der Waals surface area contributed by atoms with Gasteiger partial charge in [-0.15, -0.1) is 0 Å². The van der Waals surface area contributed by atoms with Gasteiger partial charge >= 0.3 is 5.97 Å². The van der Waals surface area contributed by atoms with Crippen LogP contribution < -0.4 is 4.72 Å². The third-order valence-corrected chi connectivity index (χ3v) is 5.77. The second kappa shape index (κ2) is 6.93. The van der Waals surface area contributed by atoms with Crippen molar-refractivity contribution in [2.75, 3.05) is 6.54 Å². The molecule has 0 aliphatic heterocycles. The van der Waals surface area contributed by atoms with Crippen LogP contribution in [0.1, 0.15) is 16.7 Å². The van der Waals surface area contributed by atoms with Gasteiger partial charge in [-0.25, -0.2) is 17.5 Å². The van der Waals surface area contributed by atoms with Gasteiger partial charge in [0.1, 0.15) is 5.82 Å². The normalized spacial score (nSPS) is 16.6. The summed E-state index contributed by atoms with van der Waals surface area (Å²) in [4.78, 5) is 10.8. The Morgan fingerprint density at radius 3 is 2.48 bits per heavy atom. The van der Waals surface area contributed by atoms with Crippen molar-refractivity contribution in [1.82, 2.24) is 4.72 Å². The van der Waals surface area contributed by atoms with Gasteiger partial charge in [0.2, 0.25) is 10.0 Å². The second-order valence-electron chi connectivity index (χ2n) is 6.25. The molecule has 3 rings (SSSR count). The highest BCUT2D eigenvalue weighted by molar-refractivity contribution is 7.89. The Morgan fingerprint density at radius 1 is 1.12 bits per heavy atom. The van der Waals surface area contributed by atoms with E-state index in [0.717, 1.165) is 35.2 Å². The number of nitrogens with one attached hydrogen (secondary N) is 1. The first-order valence-corrected chi connectivity index (χ1v) is 9.39. The van der Waals surface area contributed by atoms with Crippen molar-refractivity contribution in [1.29, 1.82) is 0 Å². The summed E-state index contributed by atoms with van der Waals surface area (Å²) in [5, 5.41) is 8.87. The molecule has 0 saturated heterocycles. The van der Waals surface area contributed by atoms with Crippen molar-refractivity contribution < 1.29 is 22.7 Å². The maximum Gasteiger partial charge on any atom is 0.307 e. The molecule has 1 aliphatic carbocycles. The van der Waals surface area contributed by atoms with Gasteiger partial charge in [-0.05, 0) is 59.7 Å². The van der Waals surface area contributed by atoms with Crippen LogP contribution in [-0.2, 0) is 34.1 Å². The zero-order valence-electron chi connectivity index (χ0n) is 13.4. The summed E-state index contributed by atoms with van der Waals surface area (Å²) >= 11 is 0. The summed E-state index contributed by atoms with van der Waals surface area (Å²) < 4.78 is 40.0. The van der Waals surface area contributed by atoms with Gasteiger partial charge in [-0.3, -0.25) is 4.79 Å². The van der Waals surface area contributed by atoms with Crippen LogP contribution in [0.2, 0.25) is 0 Å². The first kappa shape index (κ1) is 17.6. The molecular weight excluding hydrogens is 345 g/mol. The van der Waals surface area contributed by atoms with Crippen molar-refractivity contribution in [3.63, 3.8) is 0 Å². The van der Waals surface area contributed by atoms with Crippen LogP contribution in [0.25, 0.3) is 0 Å². The van der Waals surface area contributed by atoms with Gasteiger partial charge in [0, 0.05) is 6.54 Å². The van der Waals surface area contributed by atoms with Crippen molar-refractivity contribution in [3.05, 3.63) is 65.0 Å². The van der Waals surface area contributed by atoms with E-state index in [9.17, 15) is 17.6 Å². The molecule has 1 aliphatic rings. The number of carbonyl (C=O) groups is 1. The van der Waals surface area contributed by atoms with Crippen molar-refractivity contribution >= 4 is 16.0 Å². The van der Waals surface area contributed by atoms with Gasteiger partial charge in [0.25, 0.3) is 0 Å². The molecule has 0 heterocycles. The summed E-state index contributed by atoms with van der Waals surface area (Å²) in [6.45, 7) is 0.280. The third-order valence-electron chi connectivity index (χ3n) is 4.33. The lowest BCUT2D eigenvalue weighted by molar-refractivity contribution is -0.136. The van der Waals surface area contributed by atoms with Crippen LogP contribution in [0.5, 0.6) is 0 Å². The number of benzene rings is 2. The van der Waals surface area contributed by atoms with E-state index in [-0.39, 0.29) is 23.8 Å². The van der Waals surface area contributed by atoms with Gasteiger partial charge in [0.15, 0.2) is 0 Å². The largest absolute Gasteiger partial charge is 0.481 e. The Kier molecular flexibility index (Phi) is 4.87. The first-order valence-electron chi connectivity index (χ1n) is 7.91. The number of hydrogen-bond donors (Lipinski definition) is 2. The SMILES string of the molecule is O=C(O)Cc1ccc2c(c1)CC(CNS(=O)(=O)c1ccc(F)cc1)C2. The van der Waals surface area contributed by atoms with Crippen LogP contribution in [-0.4, -0.2) is 26.0 Å². The van der Waals surface area contributed by atoms with E-state index in [1.165, 1.54) is 12.1 Å². The van der Waals surface area contributed by atoms with E-state index >= 15 is 0 Å². The standard InChI is InChI=1S/C18H18FNO4S/c19-16-3-5-17(6-4-16)25(23,24)20-11-13-8-14-2-1-12(10-18(21)22)7-15(14)9-13/h1-7,13,20H,8-11H2,(H,21,22). The highest BCUT2D eigenvalue weighted by Crippen LogP contribution is 2.28. The minimum absolute atomic E-state index is 0.0187. The van der Waals surface area contributed by atoms with Crippen LogP contribution in [0, 0.1) is 11.7 Å². The molecule has 0 amide bonds. The number of rotatable bonds is 6. The summed E-state index contributed by atoms with van der Waals surface area (Å²) in [7, 11) is -3.67. The number of fused-ring (bicyclic) bond motifs is 1. The predicted octanol–water partition coefficient (Wildman–Crippen LogP) is 2.15. The Morgan fingerprint density at radius 2 is 1.80 bits per heavy atom. The molecule has 0 radical (unpaired) electrons. The molecule has 25 heavy (non-hydrogen) atoms. The minimum Gasteiger partial charge on any atom is -0.481 e. The summed E-state index contributed by atoms with van der Waals surface area (Å²) in [5.41, 5.74) is 2.95. The molecule has 1 atom stereocenters. The highest BCUT2D eigenvalue weighted by atomic mass is 32.2. The van der Waals surface area contributed by atoms with E-state index < -0.39 is 21.8 Å². The monoisotopic (exact) mass is 363 g/mol. The lowest BCUT2D eigenvalue weighted by atomic mass is 10.0. The maximum atomic E-state index is 12.9. The topological polar surface area (TPSA) is 83.5 Å². The molecule has 132 valence electrons. The molecule has 2 aromatic rings. The fraction of sp³-hybridized carbons (Fsp3) is 0.278. The molecule has 0 fully saturated rings. The second-order valence-corrected chi connectivity index (χ2v) is 8.02. The molecule has 5 nitrogen and oxygen atoms in total. The quantitative estimate of drug-likeness (QED) is 0.824. The fourth-order valence-corrected chi connectivity index (χ4v) is 4.23. The van der Waals surface area contributed by atoms with Gasteiger partial charge in [-0.2, -0.15) is 0 Å². The van der Waals surface area contributed by atoms with Gasteiger partial charge in [-0.1, -0.05) is 18.2 Å². The van der Waals surface area contributed by atoms with E-state index in [1.807, 2.05) is 12.1 Å². The number of aliphatic carboxylic acids is 1. The Balaban J connectivity index is 1.63. The number of carboxylic acid groups (broad SMARTS) is 1. The smallest absolute Gasteiger partial charge is 0.307 e. The third kappa shape index (κ3) is 4.24. The number of sulfonamides is 1. The van der Waals surface area contributed by atoms with Crippen LogP contribution in [0.4, 0.5) is 4.39 Å². The van der Waals surface area contributed by atoms with E-state index in [1.54, 1.807) is 6.07 Å². The summed E-state index contributed by atoms with van der Waals surface area (Å²) in [6, 6.07) is 10.3.